The SMILES string of the molecule is CCc1nc2c3c(-c4ccc(-c5nc6ccccc6n5CC)cc4)nc4ccccc4c3ccc2n1-c1ccccc1. The fourth-order valence-corrected chi connectivity index (χ4v) is 6.34. The van der Waals surface area contributed by atoms with Crippen molar-refractivity contribution >= 4 is 43.7 Å². The van der Waals surface area contributed by atoms with E-state index in [1.807, 2.05) is 6.07 Å². The Morgan fingerprint density at radius 3 is 2.07 bits per heavy atom. The fourth-order valence-electron chi connectivity index (χ4n) is 6.34. The number of fused-ring (bicyclic) bond motifs is 6. The molecule has 8 rings (SSSR count). The molecule has 0 spiro atoms. The summed E-state index contributed by atoms with van der Waals surface area (Å²) in [5.41, 5.74) is 9.46. The van der Waals surface area contributed by atoms with Crippen LogP contribution >= 0.6 is 0 Å². The molecule has 202 valence electrons. The summed E-state index contributed by atoms with van der Waals surface area (Å²) < 4.78 is 4.56. The van der Waals surface area contributed by atoms with Crippen molar-refractivity contribution in [3.8, 4) is 28.3 Å². The molecule has 8 aromatic rings. The molecule has 3 heterocycles. The molecular formula is C37H29N5. The number of hydrogen-bond donors (Lipinski definition) is 0. The molecular weight excluding hydrogens is 514 g/mol. The molecule has 0 bridgehead atoms. The van der Waals surface area contributed by atoms with E-state index in [1.165, 1.54) is 5.39 Å². The molecule has 0 aliphatic rings. The molecule has 0 aliphatic carbocycles. The molecule has 0 fully saturated rings. The molecule has 0 radical (unpaired) electrons. The van der Waals surface area contributed by atoms with Crippen LogP contribution in [0.1, 0.15) is 19.7 Å². The summed E-state index contributed by atoms with van der Waals surface area (Å²) in [5, 5.41) is 3.39. The fraction of sp³-hybridized carbons (Fsp3) is 0.108. The highest BCUT2D eigenvalue weighted by atomic mass is 15.1. The topological polar surface area (TPSA) is 48.5 Å². The van der Waals surface area contributed by atoms with Crippen LogP contribution in [-0.2, 0) is 13.0 Å². The molecule has 3 aromatic heterocycles. The molecule has 0 atom stereocenters. The largest absolute Gasteiger partial charge is 0.324 e. The van der Waals surface area contributed by atoms with Crippen molar-refractivity contribution in [3.63, 3.8) is 0 Å². The minimum Gasteiger partial charge on any atom is -0.324 e. The molecule has 0 N–H and O–H groups in total. The molecule has 0 aliphatic heterocycles. The van der Waals surface area contributed by atoms with E-state index in [2.05, 4.69) is 132 Å². The monoisotopic (exact) mass is 543 g/mol. The van der Waals surface area contributed by atoms with Crippen molar-refractivity contribution in [2.24, 2.45) is 0 Å². The van der Waals surface area contributed by atoms with E-state index < -0.39 is 0 Å². The number of hydrogen-bond acceptors (Lipinski definition) is 3. The zero-order chi connectivity index (χ0) is 28.2. The highest BCUT2D eigenvalue weighted by molar-refractivity contribution is 6.19. The van der Waals surface area contributed by atoms with Gasteiger partial charge in [0, 0.05) is 40.6 Å². The molecule has 42 heavy (non-hydrogen) atoms. The molecule has 5 aromatic carbocycles. The van der Waals surface area contributed by atoms with Gasteiger partial charge in [-0.05, 0) is 48.7 Å². The van der Waals surface area contributed by atoms with Gasteiger partial charge in [0.25, 0.3) is 0 Å². The summed E-state index contributed by atoms with van der Waals surface area (Å²) in [4.78, 5) is 15.5. The predicted molar refractivity (Wildman–Crippen MR) is 173 cm³/mol. The van der Waals surface area contributed by atoms with E-state index in [0.29, 0.717) is 0 Å². The molecule has 5 nitrogen and oxygen atoms in total. The third-order valence-electron chi connectivity index (χ3n) is 8.28. The number of nitrogens with zero attached hydrogens (tertiary/aromatic N) is 5. The second-order valence-corrected chi connectivity index (χ2v) is 10.6. The Morgan fingerprint density at radius 1 is 0.571 bits per heavy atom. The van der Waals surface area contributed by atoms with Gasteiger partial charge in [-0.1, -0.05) is 85.8 Å². The summed E-state index contributed by atoms with van der Waals surface area (Å²) in [6, 6.07) is 40.4. The van der Waals surface area contributed by atoms with Crippen LogP contribution in [-0.4, -0.2) is 24.1 Å². The summed E-state index contributed by atoms with van der Waals surface area (Å²) in [7, 11) is 0. The Labute approximate surface area is 243 Å². The average molecular weight is 544 g/mol. The van der Waals surface area contributed by atoms with Gasteiger partial charge in [-0.3, -0.25) is 4.57 Å². The Kier molecular flexibility index (Phi) is 5.64. The van der Waals surface area contributed by atoms with E-state index in [9.17, 15) is 0 Å². The number of benzene rings is 5. The van der Waals surface area contributed by atoms with Crippen LogP contribution in [0.5, 0.6) is 0 Å². The van der Waals surface area contributed by atoms with E-state index in [0.717, 1.165) is 85.5 Å². The van der Waals surface area contributed by atoms with Crippen molar-refractivity contribution in [1.82, 2.24) is 24.1 Å². The van der Waals surface area contributed by atoms with E-state index in [1.54, 1.807) is 0 Å². The summed E-state index contributed by atoms with van der Waals surface area (Å²) in [6.07, 6.45) is 0.828. The highest BCUT2D eigenvalue weighted by Crippen LogP contribution is 2.38. The lowest BCUT2D eigenvalue weighted by Gasteiger charge is -2.12. The molecule has 0 saturated heterocycles. The first kappa shape index (κ1) is 24.5. The van der Waals surface area contributed by atoms with Gasteiger partial charge in [-0.2, -0.15) is 0 Å². The van der Waals surface area contributed by atoms with E-state index in [4.69, 9.17) is 15.0 Å². The van der Waals surface area contributed by atoms with Crippen LogP contribution in [0.15, 0.2) is 115 Å². The van der Waals surface area contributed by atoms with Crippen LogP contribution < -0.4 is 0 Å². The highest BCUT2D eigenvalue weighted by Gasteiger charge is 2.19. The van der Waals surface area contributed by atoms with E-state index in [-0.39, 0.29) is 0 Å². The Balaban J connectivity index is 1.38. The first-order valence-electron chi connectivity index (χ1n) is 14.6. The lowest BCUT2D eigenvalue weighted by molar-refractivity contribution is 0.796. The van der Waals surface area contributed by atoms with Crippen molar-refractivity contribution in [1.29, 1.82) is 0 Å². The smallest absolute Gasteiger partial charge is 0.141 e. The molecule has 5 heteroatoms. The van der Waals surface area contributed by atoms with Gasteiger partial charge in [-0.15, -0.1) is 0 Å². The van der Waals surface area contributed by atoms with Gasteiger partial charge in [0.1, 0.15) is 11.6 Å². The van der Waals surface area contributed by atoms with Gasteiger partial charge in [-0.25, -0.2) is 15.0 Å². The Bertz CT molecular complexity index is 2260. The lowest BCUT2D eigenvalue weighted by Crippen LogP contribution is -1.99. The number of para-hydroxylation sites is 4. The van der Waals surface area contributed by atoms with Crippen molar-refractivity contribution < 1.29 is 0 Å². The van der Waals surface area contributed by atoms with Crippen LogP contribution in [0.25, 0.3) is 72.1 Å². The first-order valence-corrected chi connectivity index (χ1v) is 14.6. The normalized spacial score (nSPS) is 11.8. The zero-order valence-corrected chi connectivity index (χ0v) is 23.6. The molecule has 0 amide bonds. The number of aryl methyl sites for hydroxylation is 2. The summed E-state index contributed by atoms with van der Waals surface area (Å²) in [6.45, 7) is 5.19. The third kappa shape index (κ3) is 3.67. The van der Waals surface area contributed by atoms with Crippen LogP contribution in [0.2, 0.25) is 0 Å². The maximum atomic E-state index is 5.26. The number of aromatic nitrogens is 5. The van der Waals surface area contributed by atoms with Gasteiger partial charge >= 0.3 is 0 Å². The number of imidazole rings is 2. The van der Waals surface area contributed by atoms with Crippen LogP contribution in [0.3, 0.4) is 0 Å². The second kappa shape index (κ2) is 9.67. The van der Waals surface area contributed by atoms with Crippen molar-refractivity contribution in [2.75, 3.05) is 0 Å². The summed E-state index contributed by atoms with van der Waals surface area (Å²) >= 11 is 0. The van der Waals surface area contributed by atoms with Gasteiger partial charge in [0.15, 0.2) is 0 Å². The number of rotatable bonds is 5. The Morgan fingerprint density at radius 2 is 1.29 bits per heavy atom. The average Bonchev–Trinajstić information content (AvgIpc) is 3.63. The van der Waals surface area contributed by atoms with Gasteiger partial charge in [0.2, 0.25) is 0 Å². The van der Waals surface area contributed by atoms with Gasteiger partial charge in [0.05, 0.1) is 33.3 Å². The van der Waals surface area contributed by atoms with Gasteiger partial charge < -0.3 is 4.57 Å². The lowest BCUT2D eigenvalue weighted by atomic mass is 9.98. The van der Waals surface area contributed by atoms with Crippen LogP contribution in [0.4, 0.5) is 0 Å². The van der Waals surface area contributed by atoms with Crippen molar-refractivity contribution in [3.05, 3.63) is 121 Å². The third-order valence-corrected chi connectivity index (χ3v) is 8.28. The van der Waals surface area contributed by atoms with Crippen LogP contribution in [0, 0.1) is 0 Å². The maximum Gasteiger partial charge on any atom is 0.141 e. The Hall–Kier alpha value is -5.29. The predicted octanol–water partition coefficient (Wildman–Crippen LogP) is 8.99. The number of pyridine rings is 1. The molecule has 0 unspecified atom stereocenters. The standard InChI is InChI=1S/C37H29N5/c1-3-33-40-36-32(42(33)26-12-6-5-7-13-26)23-22-28-27-14-8-9-15-29(27)38-35(34(28)36)24-18-20-25(21-19-24)37-39-30-16-10-11-17-31(30)41(37)4-2/h5-23H,3-4H2,1-2H3. The summed E-state index contributed by atoms with van der Waals surface area (Å²) in [5.74, 6) is 2.02. The van der Waals surface area contributed by atoms with Crippen molar-refractivity contribution in [2.45, 2.75) is 26.8 Å². The zero-order valence-electron chi connectivity index (χ0n) is 23.6. The second-order valence-electron chi connectivity index (χ2n) is 10.6. The minimum atomic E-state index is 0.828. The first-order chi connectivity index (χ1) is 20.7. The minimum absolute atomic E-state index is 0.828. The quantitative estimate of drug-likeness (QED) is 0.204. The molecule has 0 saturated carbocycles. The maximum absolute atomic E-state index is 5.26. The van der Waals surface area contributed by atoms with E-state index >= 15 is 0 Å².